The van der Waals surface area contributed by atoms with Gasteiger partial charge in [-0.3, -0.25) is 0 Å². The molecule has 5 heteroatoms. The van der Waals surface area contributed by atoms with Crippen molar-refractivity contribution >= 4 is 18.4 Å². The van der Waals surface area contributed by atoms with E-state index < -0.39 is 18.4 Å². The van der Waals surface area contributed by atoms with Crippen molar-refractivity contribution in [2.45, 2.75) is 121 Å². The molecule has 1 heterocycles. The van der Waals surface area contributed by atoms with Crippen LogP contribution in [-0.2, 0) is 38.8 Å². The van der Waals surface area contributed by atoms with Gasteiger partial charge >= 0.3 is 273 Å². The van der Waals surface area contributed by atoms with Crippen molar-refractivity contribution in [2.24, 2.45) is 0 Å². The zero-order valence-corrected chi connectivity index (χ0v) is 30.4. The van der Waals surface area contributed by atoms with Crippen LogP contribution in [0.5, 0.6) is 0 Å². The van der Waals surface area contributed by atoms with Crippen molar-refractivity contribution in [2.75, 3.05) is 6.61 Å². The predicted molar refractivity (Wildman–Crippen MR) is 184 cm³/mol. The molecule has 1 fully saturated rings. The van der Waals surface area contributed by atoms with Gasteiger partial charge in [-0.15, -0.1) is 0 Å². The van der Waals surface area contributed by atoms with Crippen LogP contribution in [0.25, 0.3) is 0 Å². The van der Waals surface area contributed by atoms with Gasteiger partial charge in [-0.25, -0.2) is 0 Å². The Labute approximate surface area is 271 Å². The second-order valence-electron chi connectivity index (χ2n) is 12.7. The molecule has 0 radical (unpaired) electrons. The molecule has 4 atom stereocenters. The molecular formula is C39H56O4Sn. The summed E-state index contributed by atoms with van der Waals surface area (Å²) in [6, 6.07) is 31.5. The van der Waals surface area contributed by atoms with Gasteiger partial charge < -0.3 is 0 Å². The second-order valence-corrected chi connectivity index (χ2v) is 26.6. The Bertz CT molecular complexity index is 1120. The maximum atomic E-state index is 7.33. The molecule has 44 heavy (non-hydrogen) atoms. The zero-order chi connectivity index (χ0) is 30.9. The average Bonchev–Trinajstić information content (AvgIpc) is 3.08. The summed E-state index contributed by atoms with van der Waals surface area (Å²) in [5.74, 6) is 0. The third-order valence-electron chi connectivity index (χ3n) is 9.27. The predicted octanol–water partition coefficient (Wildman–Crippen LogP) is 9.92. The third-order valence-corrected chi connectivity index (χ3v) is 25.8. The van der Waals surface area contributed by atoms with Crippen molar-refractivity contribution in [1.82, 2.24) is 0 Å². The van der Waals surface area contributed by atoms with Gasteiger partial charge in [-0.2, -0.15) is 0 Å². The molecule has 0 aromatic heterocycles. The molecule has 240 valence electrons. The van der Waals surface area contributed by atoms with E-state index in [9.17, 15) is 0 Å². The number of ether oxygens (including phenoxy) is 4. The number of unbranched alkanes of at least 4 members (excludes halogenated alkanes) is 3. The van der Waals surface area contributed by atoms with Gasteiger partial charge in [0.05, 0.1) is 0 Å². The van der Waals surface area contributed by atoms with E-state index in [-0.39, 0.29) is 18.3 Å². The van der Waals surface area contributed by atoms with E-state index in [4.69, 9.17) is 18.9 Å². The van der Waals surface area contributed by atoms with E-state index >= 15 is 0 Å². The molecule has 1 saturated heterocycles. The molecule has 4 rings (SSSR count). The van der Waals surface area contributed by atoms with E-state index in [2.05, 4.69) is 112 Å². The SMILES string of the molecule is CCC[CH2][Sn]([CH2]CCC)([CH2]CCC)[CH]1CC(OCc2ccccc2)C(OCc2ccccc2)C(COCc2ccccc2)O1. The molecule has 1 aliphatic rings. The first-order valence-electron chi connectivity index (χ1n) is 17.3. The van der Waals surface area contributed by atoms with Gasteiger partial charge in [0.1, 0.15) is 0 Å². The second kappa shape index (κ2) is 19.7. The first kappa shape index (κ1) is 35.2. The van der Waals surface area contributed by atoms with E-state index in [0.29, 0.717) is 30.5 Å². The van der Waals surface area contributed by atoms with Gasteiger partial charge in [0, 0.05) is 0 Å². The van der Waals surface area contributed by atoms with Gasteiger partial charge in [0.2, 0.25) is 0 Å². The molecule has 0 saturated carbocycles. The molecule has 4 unspecified atom stereocenters. The Kier molecular flexibility index (Phi) is 15.8. The van der Waals surface area contributed by atoms with E-state index in [1.807, 2.05) is 0 Å². The van der Waals surface area contributed by atoms with Crippen molar-refractivity contribution in [1.29, 1.82) is 0 Å². The number of hydrogen-bond donors (Lipinski definition) is 0. The molecular weight excluding hydrogens is 651 g/mol. The standard InChI is InChI=1S/C27H29O4.3C4H9.Sn/c1-4-10-22(11-5-1)18-28-21-26-27(31-20-24-14-8-3-9-15-24)25(16-17-29-26)30-19-23-12-6-2-7-13-23;3*1-3-4-2;/h1-15,17,25-27H,16,18-21H2;3*1,3-4H2,2H3;. The fraction of sp³-hybridized carbons (Fsp3) is 0.538. The quantitative estimate of drug-likeness (QED) is 0.110. The van der Waals surface area contributed by atoms with Crippen LogP contribution >= 0.6 is 0 Å². The summed E-state index contributed by atoms with van der Waals surface area (Å²) < 4.78 is 32.0. The Morgan fingerprint density at radius 3 is 1.55 bits per heavy atom. The molecule has 0 spiro atoms. The summed E-state index contributed by atoms with van der Waals surface area (Å²) in [5.41, 5.74) is 3.55. The summed E-state index contributed by atoms with van der Waals surface area (Å²) in [5, 5.41) is 0. The molecule has 0 aliphatic carbocycles. The van der Waals surface area contributed by atoms with Gasteiger partial charge in [-0.1, -0.05) is 0 Å². The van der Waals surface area contributed by atoms with Crippen molar-refractivity contribution < 1.29 is 18.9 Å². The van der Waals surface area contributed by atoms with Crippen LogP contribution in [0, 0.1) is 0 Å². The molecule has 4 nitrogen and oxygen atoms in total. The molecule has 0 amide bonds. The zero-order valence-electron chi connectivity index (χ0n) is 27.5. The van der Waals surface area contributed by atoms with Crippen LogP contribution in [0.2, 0.25) is 13.3 Å². The molecule has 1 aliphatic heterocycles. The molecule has 0 N–H and O–H groups in total. The number of rotatable bonds is 20. The molecule has 0 bridgehead atoms. The topological polar surface area (TPSA) is 36.9 Å². The summed E-state index contributed by atoms with van der Waals surface area (Å²) >= 11 is -2.77. The first-order valence-corrected chi connectivity index (χ1v) is 25.0. The van der Waals surface area contributed by atoms with Crippen molar-refractivity contribution in [3.8, 4) is 0 Å². The minimum absolute atomic E-state index is 0.0380. The minimum atomic E-state index is -2.77. The normalized spacial score (nSPS) is 20.5. The Hall–Kier alpha value is -1.70. The number of hydrogen-bond acceptors (Lipinski definition) is 4. The number of benzene rings is 3. The van der Waals surface area contributed by atoms with Crippen LogP contribution < -0.4 is 0 Å². The van der Waals surface area contributed by atoms with E-state index in [1.54, 1.807) is 0 Å². The Morgan fingerprint density at radius 2 is 1.07 bits per heavy atom. The van der Waals surface area contributed by atoms with Crippen LogP contribution in [-0.4, -0.2) is 47.4 Å². The molecule has 3 aromatic carbocycles. The maximum absolute atomic E-state index is 7.33. The van der Waals surface area contributed by atoms with E-state index in [0.717, 1.165) is 6.42 Å². The van der Waals surface area contributed by atoms with Crippen LogP contribution in [0.1, 0.15) is 82.4 Å². The Morgan fingerprint density at radius 1 is 0.614 bits per heavy atom. The van der Waals surface area contributed by atoms with Gasteiger partial charge in [-0.05, 0) is 0 Å². The van der Waals surface area contributed by atoms with Crippen molar-refractivity contribution in [3.63, 3.8) is 0 Å². The van der Waals surface area contributed by atoms with E-state index in [1.165, 1.54) is 68.5 Å². The summed E-state index contributed by atoms with van der Waals surface area (Å²) in [6.07, 6.45) is 8.27. The Balaban J connectivity index is 1.63. The first-order chi connectivity index (χ1) is 21.7. The van der Waals surface area contributed by atoms with Gasteiger partial charge in [0.25, 0.3) is 0 Å². The third kappa shape index (κ3) is 11.0. The fourth-order valence-corrected chi connectivity index (χ4v) is 24.1. The van der Waals surface area contributed by atoms with Crippen LogP contribution in [0.15, 0.2) is 91.0 Å². The van der Waals surface area contributed by atoms with Crippen molar-refractivity contribution in [3.05, 3.63) is 108 Å². The average molecular weight is 708 g/mol. The molecule has 3 aromatic rings. The van der Waals surface area contributed by atoms with Crippen LogP contribution in [0.3, 0.4) is 0 Å². The monoisotopic (exact) mass is 708 g/mol. The fourth-order valence-electron chi connectivity index (χ4n) is 6.69. The van der Waals surface area contributed by atoms with Crippen LogP contribution in [0.4, 0.5) is 0 Å². The summed E-state index contributed by atoms with van der Waals surface area (Å²) in [4.78, 5) is 0. The van der Waals surface area contributed by atoms with Gasteiger partial charge in [0.15, 0.2) is 0 Å². The summed E-state index contributed by atoms with van der Waals surface area (Å²) in [7, 11) is 0. The summed E-state index contributed by atoms with van der Waals surface area (Å²) in [6.45, 7) is 9.24.